The van der Waals surface area contributed by atoms with Crippen LogP contribution in [-0.4, -0.2) is 16.4 Å². The summed E-state index contributed by atoms with van der Waals surface area (Å²) in [5.41, 5.74) is 4.44. The fourth-order valence-electron chi connectivity index (χ4n) is 3.04. The molecule has 4 heteroatoms. The molecule has 0 aliphatic carbocycles. The van der Waals surface area contributed by atoms with Gasteiger partial charge >= 0.3 is 0 Å². The number of rotatable bonds is 6. The molecule has 0 aliphatic rings. The lowest BCUT2D eigenvalue weighted by Crippen LogP contribution is -1.93. The summed E-state index contributed by atoms with van der Waals surface area (Å²) < 4.78 is 0.624. The van der Waals surface area contributed by atoms with Crippen LogP contribution in [0.15, 0.2) is 70.1 Å². The molecule has 1 atom stereocenters. The van der Waals surface area contributed by atoms with Gasteiger partial charge in [0.05, 0.1) is 4.47 Å². The van der Waals surface area contributed by atoms with Crippen molar-refractivity contribution >= 4 is 27.8 Å². The predicted molar refractivity (Wildman–Crippen MR) is 119 cm³/mol. The topological polar surface area (TPSA) is 52.8 Å². The lowest BCUT2D eigenvalue weighted by Gasteiger charge is -2.10. The maximum absolute atomic E-state index is 10.4. The number of aliphatic imine (C=N–C) groups is 1. The molecule has 3 rings (SSSR count). The van der Waals surface area contributed by atoms with E-state index in [4.69, 9.17) is 0 Å². The van der Waals surface area contributed by atoms with E-state index in [9.17, 15) is 10.2 Å². The van der Waals surface area contributed by atoms with E-state index in [1.54, 1.807) is 12.3 Å². The molecule has 0 aromatic heterocycles. The molecule has 28 heavy (non-hydrogen) atoms. The molecule has 3 nitrogen and oxygen atoms in total. The average Bonchev–Trinajstić information content (AvgIpc) is 2.70. The number of hydrogen-bond acceptors (Lipinski definition) is 3. The molecule has 0 saturated carbocycles. The van der Waals surface area contributed by atoms with Crippen LogP contribution < -0.4 is 0 Å². The van der Waals surface area contributed by atoms with Crippen molar-refractivity contribution in [2.24, 2.45) is 4.99 Å². The minimum absolute atomic E-state index is 0.135. The minimum Gasteiger partial charge on any atom is -0.506 e. The molecule has 0 amide bonds. The van der Waals surface area contributed by atoms with Gasteiger partial charge < -0.3 is 10.2 Å². The molecule has 0 fully saturated rings. The molecule has 1 unspecified atom stereocenters. The summed E-state index contributed by atoms with van der Waals surface area (Å²) in [6, 6.07) is 19.6. The quantitative estimate of drug-likeness (QED) is 0.420. The van der Waals surface area contributed by atoms with Crippen molar-refractivity contribution in [3.63, 3.8) is 0 Å². The molecule has 0 bridgehead atoms. The van der Waals surface area contributed by atoms with Crippen molar-refractivity contribution in [2.75, 3.05) is 0 Å². The fraction of sp³-hybridized carbons (Fsp3) is 0.208. The number of benzene rings is 3. The summed E-state index contributed by atoms with van der Waals surface area (Å²) >= 11 is 3.42. The van der Waals surface area contributed by atoms with Crippen LogP contribution in [0.25, 0.3) is 0 Å². The van der Waals surface area contributed by atoms with E-state index < -0.39 is 0 Å². The van der Waals surface area contributed by atoms with Crippen LogP contribution in [0.1, 0.15) is 48.4 Å². The van der Waals surface area contributed by atoms with Gasteiger partial charge in [-0.15, -0.1) is 0 Å². The number of halogens is 1. The van der Waals surface area contributed by atoms with Crippen molar-refractivity contribution in [3.05, 3.63) is 87.4 Å². The van der Waals surface area contributed by atoms with Crippen LogP contribution >= 0.6 is 15.9 Å². The molecule has 0 spiro atoms. The summed E-state index contributed by atoms with van der Waals surface area (Å²) in [5.74, 6) is 0.669. The number of aromatic hydroxyl groups is 2. The van der Waals surface area contributed by atoms with Gasteiger partial charge in [-0.25, -0.2) is 0 Å². The van der Waals surface area contributed by atoms with Crippen LogP contribution in [0.3, 0.4) is 0 Å². The normalized spacial score (nSPS) is 12.4. The average molecular weight is 438 g/mol. The predicted octanol–water partition coefficient (Wildman–Crippen LogP) is 6.72. The third-order valence-electron chi connectivity index (χ3n) is 4.93. The van der Waals surface area contributed by atoms with E-state index in [2.05, 4.69) is 46.9 Å². The van der Waals surface area contributed by atoms with Gasteiger partial charge in [0.15, 0.2) is 0 Å². The zero-order valence-corrected chi connectivity index (χ0v) is 17.6. The van der Waals surface area contributed by atoms with Gasteiger partial charge in [0, 0.05) is 11.8 Å². The van der Waals surface area contributed by atoms with Crippen molar-refractivity contribution < 1.29 is 10.2 Å². The Labute approximate surface area is 174 Å². The molecule has 0 heterocycles. The Morgan fingerprint density at radius 1 is 1.00 bits per heavy atom. The van der Waals surface area contributed by atoms with E-state index in [1.807, 2.05) is 42.5 Å². The SMILES string of the molecule is CCC(C)c1ccc(N=Cc2cc(Cc3ccccc3)cc(Br)c2O)c(O)c1. The molecule has 0 aliphatic heterocycles. The first-order valence-electron chi connectivity index (χ1n) is 9.40. The highest BCUT2D eigenvalue weighted by Crippen LogP contribution is 2.33. The Bertz CT molecular complexity index is 983. The highest BCUT2D eigenvalue weighted by Gasteiger charge is 2.09. The Morgan fingerprint density at radius 3 is 2.43 bits per heavy atom. The maximum atomic E-state index is 10.4. The molecular formula is C24H24BrNO2. The smallest absolute Gasteiger partial charge is 0.141 e. The lowest BCUT2D eigenvalue weighted by molar-refractivity contribution is 0.470. The largest absolute Gasteiger partial charge is 0.506 e. The zero-order valence-electron chi connectivity index (χ0n) is 16.1. The third kappa shape index (κ3) is 4.82. The first-order chi connectivity index (χ1) is 13.5. The molecule has 0 radical (unpaired) electrons. The first kappa shape index (κ1) is 20.2. The number of phenolic OH excluding ortho intramolecular Hbond substituents is 2. The second-order valence-corrected chi connectivity index (χ2v) is 7.85. The molecule has 3 aromatic rings. The second-order valence-electron chi connectivity index (χ2n) is 6.99. The molecule has 3 aromatic carbocycles. The van der Waals surface area contributed by atoms with E-state index in [0.717, 1.165) is 24.0 Å². The second kappa shape index (κ2) is 9.07. The van der Waals surface area contributed by atoms with Crippen molar-refractivity contribution in [3.8, 4) is 11.5 Å². The highest BCUT2D eigenvalue weighted by atomic mass is 79.9. The minimum atomic E-state index is 0.135. The number of phenols is 2. The Morgan fingerprint density at radius 2 is 1.75 bits per heavy atom. The molecular weight excluding hydrogens is 414 g/mol. The Hall–Kier alpha value is -2.59. The van der Waals surface area contributed by atoms with Gasteiger partial charge in [0.25, 0.3) is 0 Å². The van der Waals surface area contributed by atoms with E-state index in [-0.39, 0.29) is 11.5 Å². The van der Waals surface area contributed by atoms with Crippen LogP contribution in [0, 0.1) is 0 Å². The van der Waals surface area contributed by atoms with Gasteiger partial charge in [-0.2, -0.15) is 0 Å². The summed E-state index contributed by atoms with van der Waals surface area (Å²) in [4.78, 5) is 4.40. The van der Waals surface area contributed by atoms with Crippen molar-refractivity contribution in [1.82, 2.24) is 0 Å². The number of hydrogen-bond donors (Lipinski definition) is 2. The molecule has 2 N–H and O–H groups in total. The van der Waals surface area contributed by atoms with E-state index in [0.29, 0.717) is 21.6 Å². The monoisotopic (exact) mass is 437 g/mol. The van der Waals surface area contributed by atoms with Gasteiger partial charge in [-0.05, 0) is 75.6 Å². The summed E-state index contributed by atoms with van der Waals surface area (Å²) in [6.45, 7) is 4.25. The van der Waals surface area contributed by atoms with Gasteiger partial charge in [0.2, 0.25) is 0 Å². The van der Waals surface area contributed by atoms with Crippen LogP contribution in [-0.2, 0) is 6.42 Å². The van der Waals surface area contributed by atoms with Crippen LogP contribution in [0.4, 0.5) is 5.69 Å². The Balaban J connectivity index is 1.87. The van der Waals surface area contributed by atoms with E-state index in [1.165, 1.54) is 5.56 Å². The van der Waals surface area contributed by atoms with Gasteiger partial charge in [-0.1, -0.05) is 50.2 Å². The summed E-state index contributed by atoms with van der Waals surface area (Å²) in [7, 11) is 0. The Kier molecular flexibility index (Phi) is 6.53. The molecule has 0 saturated heterocycles. The highest BCUT2D eigenvalue weighted by molar-refractivity contribution is 9.10. The number of nitrogens with zero attached hydrogens (tertiary/aromatic N) is 1. The van der Waals surface area contributed by atoms with Gasteiger partial charge in [0.1, 0.15) is 17.2 Å². The maximum Gasteiger partial charge on any atom is 0.141 e. The van der Waals surface area contributed by atoms with Crippen LogP contribution in [0.2, 0.25) is 0 Å². The van der Waals surface area contributed by atoms with Crippen LogP contribution in [0.5, 0.6) is 11.5 Å². The van der Waals surface area contributed by atoms with Crippen molar-refractivity contribution in [2.45, 2.75) is 32.6 Å². The standard InChI is InChI=1S/C24H24BrNO2/c1-3-16(2)19-9-10-22(23(27)14-19)26-15-20-12-18(13-21(25)24(20)28)11-17-7-5-4-6-8-17/h4-10,12-16,27-28H,3,11H2,1-2H3. The van der Waals surface area contributed by atoms with Crippen molar-refractivity contribution in [1.29, 1.82) is 0 Å². The third-order valence-corrected chi connectivity index (χ3v) is 5.53. The van der Waals surface area contributed by atoms with E-state index >= 15 is 0 Å². The molecule has 144 valence electrons. The van der Waals surface area contributed by atoms with Gasteiger partial charge in [-0.3, -0.25) is 4.99 Å². The lowest BCUT2D eigenvalue weighted by atomic mass is 9.98. The first-order valence-corrected chi connectivity index (χ1v) is 10.2. The zero-order chi connectivity index (χ0) is 20.1. The summed E-state index contributed by atoms with van der Waals surface area (Å²) in [5, 5.41) is 20.7. The fourth-order valence-corrected chi connectivity index (χ4v) is 3.56. The summed E-state index contributed by atoms with van der Waals surface area (Å²) in [6.07, 6.45) is 3.36.